The number of benzene rings is 3. The lowest BCUT2D eigenvalue weighted by molar-refractivity contribution is -0.110. The topological polar surface area (TPSA) is 78.1 Å². The molecule has 0 unspecified atom stereocenters. The summed E-state index contributed by atoms with van der Waals surface area (Å²) >= 11 is 0. The third-order valence-corrected chi connectivity index (χ3v) is 6.22. The van der Waals surface area contributed by atoms with E-state index in [2.05, 4.69) is 40.6 Å². The quantitative estimate of drug-likeness (QED) is 0.369. The van der Waals surface area contributed by atoms with Crippen LogP contribution in [0.5, 0.6) is 0 Å². The number of anilines is 1. The second-order valence-corrected chi connectivity index (χ2v) is 7.97. The number of fused-ring (bicyclic) bond motifs is 6. The number of carbonyl (C=O) groups excluding carboxylic acids is 1. The number of hydrogen-bond donors (Lipinski definition) is 2. The van der Waals surface area contributed by atoms with Crippen molar-refractivity contribution in [3.05, 3.63) is 65.2 Å². The van der Waals surface area contributed by atoms with Crippen molar-refractivity contribution in [3.63, 3.8) is 0 Å². The number of nitrogens with zero attached hydrogens (tertiary/aromatic N) is 2. The van der Waals surface area contributed by atoms with Gasteiger partial charge in [-0.2, -0.15) is 0 Å². The highest BCUT2D eigenvalue weighted by Crippen LogP contribution is 2.43. The molecular formula is C24H19N3O3. The van der Waals surface area contributed by atoms with Crippen molar-refractivity contribution in [1.29, 1.82) is 0 Å². The third-order valence-electron chi connectivity index (χ3n) is 6.22. The Labute approximate surface area is 172 Å². The van der Waals surface area contributed by atoms with Gasteiger partial charge in [0.2, 0.25) is 0 Å². The van der Waals surface area contributed by atoms with Gasteiger partial charge >= 0.3 is 0 Å². The zero-order chi connectivity index (χ0) is 20.4. The van der Waals surface area contributed by atoms with E-state index < -0.39 is 0 Å². The smallest absolute Gasteiger partial charge is 0.278 e. The summed E-state index contributed by atoms with van der Waals surface area (Å²) in [6.07, 6.45) is 0.868. The minimum atomic E-state index is -0.373. The molecule has 1 aromatic heterocycles. The second kappa shape index (κ2) is 6.18. The molecule has 0 radical (unpaired) electrons. The Balaban J connectivity index is 1.69. The molecule has 1 amide bonds. The third kappa shape index (κ3) is 2.28. The molecule has 6 rings (SSSR count). The number of furan rings is 1. The number of amides is 1. The molecule has 0 spiro atoms. The van der Waals surface area contributed by atoms with Gasteiger partial charge < -0.3 is 19.8 Å². The molecule has 30 heavy (non-hydrogen) atoms. The molecule has 0 aliphatic carbocycles. The first kappa shape index (κ1) is 17.2. The van der Waals surface area contributed by atoms with Crippen molar-refractivity contribution < 1.29 is 14.4 Å². The standard InChI is InChI=1S/C24H19N3O3/c1-27-10-9-13-17(11-18-21(19(13)12-27)25-24(28)22(18)26-29)16-7-4-6-15-14-5-2-3-8-20(14)30-23(15)16/h2-8,11,29H,9-10,12H2,1H3,(H,25,26,28). The average Bonchev–Trinajstić information content (AvgIpc) is 3.30. The largest absolute Gasteiger partial charge is 0.455 e. The fourth-order valence-electron chi connectivity index (χ4n) is 4.81. The SMILES string of the molecule is CN1CCc2c(-c3cccc4c3oc3ccccc34)cc3c(c2C1)NC(=O)/C3=N/O. The number of carbonyl (C=O) groups is 1. The van der Waals surface area contributed by atoms with Gasteiger partial charge in [-0.15, -0.1) is 0 Å². The lowest BCUT2D eigenvalue weighted by atomic mass is 9.86. The fraction of sp³-hybridized carbons (Fsp3) is 0.167. The van der Waals surface area contributed by atoms with Gasteiger partial charge in [-0.3, -0.25) is 4.79 Å². The first-order valence-corrected chi connectivity index (χ1v) is 9.97. The van der Waals surface area contributed by atoms with Crippen molar-refractivity contribution in [1.82, 2.24) is 4.90 Å². The molecule has 0 fully saturated rings. The maximum Gasteiger partial charge on any atom is 0.278 e. The summed E-state index contributed by atoms with van der Waals surface area (Å²) in [5.74, 6) is -0.373. The van der Waals surface area contributed by atoms with E-state index in [-0.39, 0.29) is 11.6 Å². The van der Waals surface area contributed by atoms with Gasteiger partial charge in [-0.25, -0.2) is 0 Å². The molecule has 0 saturated carbocycles. The summed E-state index contributed by atoms with van der Waals surface area (Å²) in [6.45, 7) is 1.66. The number of rotatable bonds is 1. The van der Waals surface area contributed by atoms with Crippen LogP contribution in [0.4, 0.5) is 5.69 Å². The van der Waals surface area contributed by atoms with Crippen molar-refractivity contribution in [2.24, 2.45) is 5.16 Å². The summed E-state index contributed by atoms with van der Waals surface area (Å²) < 4.78 is 6.27. The van der Waals surface area contributed by atoms with E-state index in [4.69, 9.17) is 4.42 Å². The summed E-state index contributed by atoms with van der Waals surface area (Å²) in [6, 6.07) is 16.2. The lowest BCUT2D eigenvalue weighted by Gasteiger charge is -2.29. The monoisotopic (exact) mass is 397 g/mol. The Bertz CT molecular complexity index is 1400. The van der Waals surface area contributed by atoms with Crippen molar-refractivity contribution in [3.8, 4) is 11.1 Å². The number of hydrogen-bond acceptors (Lipinski definition) is 5. The van der Waals surface area contributed by atoms with Gasteiger partial charge in [-0.1, -0.05) is 41.6 Å². The van der Waals surface area contributed by atoms with Crippen molar-refractivity contribution in [2.75, 3.05) is 18.9 Å². The molecule has 0 bridgehead atoms. The van der Waals surface area contributed by atoms with E-state index in [0.29, 0.717) is 5.56 Å². The van der Waals surface area contributed by atoms with E-state index in [1.54, 1.807) is 0 Å². The molecule has 2 N–H and O–H groups in total. The maximum atomic E-state index is 12.4. The van der Waals surface area contributed by atoms with Crippen molar-refractivity contribution >= 4 is 39.2 Å². The first-order chi connectivity index (χ1) is 14.7. The molecule has 2 aliphatic rings. The molecular weight excluding hydrogens is 378 g/mol. The summed E-state index contributed by atoms with van der Waals surface area (Å²) in [5, 5.41) is 17.8. The van der Waals surface area contributed by atoms with Crippen LogP contribution >= 0.6 is 0 Å². The predicted molar refractivity (Wildman–Crippen MR) is 116 cm³/mol. The Morgan fingerprint density at radius 3 is 2.73 bits per heavy atom. The average molecular weight is 397 g/mol. The number of oxime groups is 1. The molecule has 3 heterocycles. The van der Waals surface area contributed by atoms with Crippen LogP contribution in [0, 0.1) is 0 Å². The van der Waals surface area contributed by atoms with E-state index in [0.717, 1.165) is 63.8 Å². The summed E-state index contributed by atoms with van der Waals surface area (Å²) in [4.78, 5) is 14.6. The molecule has 6 heteroatoms. The van der Waals surface area contributed by atoms with Gasteiger partial charge in [0.25, 0.3) is 5.91 Å². The highest BCUT2D eigenvalue weighted by Gasteiger charge is 2.34. The van der Waals surface area contributed by atoms with Crippen LogP contribution in [-0.4, -0.2) is 35.3 Å². The lowest BCUT2D eigenvalue weighted by Crippen LogP contribution is -2.27. The number of para-hydroxylation sites is 2. The molecule has 148 valence electrons. The second-order valence-electron chi connectivity index (χ2n) is 7.97. The molecule has 6 nitrogen and oxygen atoms in total. The van der Waals surface area contributed by atoms with Crippen molar-refractivity contribution in [2.45, 2.75) is 13.0 Å². The normalized spacial score (nSPS) is 17.5. The zero-order valence-corrected chi connectivity index (χ0v) is 16.4. The van der Waals surface area contributed by atoms with Crippen LogP contribution in [0.25, 0.3) is 33.1 Å². The van der Waals surface area contributed by atoms with Gasteiger partial charge in [0.15, 0.2) is 5.71 Å². The Hall–Kier alpha value is -3.64. The van der Waals surface area contributed by atoms with Crippen LogP contribution < -0.4 is 5.32 Å². The van der Waals surface area contributed by atoms with Gasteiger partial charge in [0, 0.05) is 35.0 Å². The molecule has 2 aliphatic heterocycles. The van der Waals surface area contributed by atoms with E-state index in [1.807, 2.05) is 30.3 Å². The number of likely N-dealkylation sites (N-methyl/N-ethyl adjacent to an activating group) is 1. The Morgan fingerprint density at radius 1 is 1.03 bits per heavy atom. The van der Waals surface area contributed by atoms with Gasteiger partial charge in [0.05, 0.1) is 5.69 Å². The maximum absolute atomic E-state index is 12.4. The fourth-order valence-corrected chi connectivity index (χ4v) is 4.81. The molecule has 0 saturated heterocycles. The van der Waals surface area contributed by atoms with Crippen LogP contribution in [0.1, 0.15) is 16.7 Å². The van der Waals surface area contributed by atoms with Crippen LogP contribution in [0.3, 0.4) is 0 Å². The Kier molecular flexibility index (Phi) is 3.55. The predicted octanol–water partition coefficient (Wildman–Crippen LogP) is 4.37. The Morgan fingerprint density at radius 2 is 1.87 bits per heavy atom. The minimum absolute atomic E-state index is 0.0547. The minimum Gasteiger partial charge on any atom is -0.455 e. The molecule has 0 atom stereocenters. The van der Waals surface area contributed by atoms with E-state index in [9.17, 15) is 10.0 Å². The first-order valence-electron chi connectivity index (χ1n) is 9.97. The molecule has 4 aromatic rings. The summed E-state index contributed by atoms with van der Waals surface area (Å²) in [7, 11) is 2.07. The zero-order valence-electron chi connectivity index (χ0n) is 16.4. The number of nitrogens with one attached hydrogen (secondary N) is 1. The van der Waals surface area contributed by atoms with Gasteiger partial charge in [-0.05, 0) is 42.3 Å². The van der Waals surface area contributed by atoms with E-state index in [1.165, 1.54) is 5.56 Å². The van der Waals surface area contributed by atoms with E-state index >= 15 is 0 Å². The van der Waals surface area contributed by atoms with Crippen LogP contribution in [0.2, 0.25) is 0 Å². The highest BCUT2D eigenvalue weighted by molar-refractivity contribution is 6.54. The van der Waals surface area contributed by atoms with Crippen LogP contribution in [0.15, 0.2) is 58.1 Å². The summed E-state index contributed by atoms with van der Waals surface area (Å²) in [5.41, 5.74) is 7.44. The highest BCUT2D eigenvalue weighted by atomic mass is 16.4. The van der Waals surface area contributed by atoms with Gasteiger partial charge in [0.1, 0.15) is 11.2 Å². The van der Waals surface area contributed by atoms with Crippen LogP contribution in [-0.2, 0) is 17.8 Å². The molecule has 3 aromatic carbocycles.